The van der Waals surface area contributed by atoms with Gasteiger partial charge in [0.05, 0.1) is 0 Å². The van der Waals surface area contributed by atoms with Crippen molar-refractivity contribution in [3.8, 4) is 0 Å². The van der Waals surface area contributed by atoms with Crippen LogP contribution < -0.4 is 10.2 Å². The first kappa shape index (κ1) is 13.4. The summed E-state index contributed by atoms with van der Waals surface area (Å²) in [6, 6.07) is 11.6. The predicted octanol–water partition coefficient (Wildman–Crippen LogP) is 3.18. The minimum Gasteiger partial charge on any atom is -0.444 e. The van der Waals surface area contributed by atoms with Crippen LogP contribution in [0.3, 0.4) is 0 Å². The molecular weight excluding hydrogens is 320 g/mol. The number of nitrogens with one attached hydrogen (secondary N) is 1. The summed E-state index contributed by atoms with van der Waals surface area (Å²) in [5.41, 5.74) is 2.07. The average molecular weight is 335 g/mol. The van der Waals surface area contributed by atoms with Gasteiger partial charge in [0, 0.05) is 24.8 Å². The number of benzene rings is 1. The number of carbonyl (C=O) groups excluding carboxylic acids is 1. The van der Waals surface area contributed by atoms with Gasteiger partial charge in [0.15, 0.2) is 10.4 Å². The van der Waals surface area contributed by atoms with E-state index in [1.54, 1.807) is 17.0 Å². The lowest BCUT2D eigenvalue weighted by Gasteiger charge is -2.23. The minimum atomic E-state index is -0.112. The van der Waals surface area contributed by atoms with Crippen LogP contribution in [0.5, 0.6) is 0 Å². The second-order valence-electron chi connectivity index (χ2n) is 4.93. The quantitative estimate of drug-likeness (QED) is 0.871. The molecule has 0 saturated carbocycles. The maximum Gasteiger partial charge on any atom is 0.294 e. The zero-order valence-electron chi connectivity index (χ0n) is 11.1. The van der Waals surface area contributed by atoms with Crippen molar-refractivity contribution in [3.63, 3.8) is 0 Å². The molecule has 1 aliphatic rings. The molecule has 4 nitrogen and oxygen atoms in total. The van der Waals surface area contributed by atoms with Crippen molar-refractivity contribution in [2.45, 2.75) is 19.5 Å². The summed E-state index contributed by atoms with van der Waals surface area (Å²) in [6.07, 6.45) is 0. The maximum atomic E-state index is 12.7. The number of rotatable bonds is 1. The van der Waals surface area contributed by atoms with Crippen LogP contribution >= 0.6 is 15.9 Å². The van der Waals surface area contributed by atoms with Crippen molar-refractivity contribution in [3.05, 3.63) is 52.4 Å². The Morgan fingerprint density at radius 1 is 1.35 bits per heavy atom. The van der Waals surface area contributed by atoms with Crippen molar-refractivity contribution < 1.29 is 9.21 Å². The third kappa shape index (κ3) is 2.51. The Labute approximate surface area is 125 Å². The van der Waals surface area contributed by atoms with Crippen LogP contribution in [0, 0.1) is 0 Å². The number of furan rings is 1. The highest BCUT2D eigenvalue weighted by Gasteiger charge is 2.26. The van der Waals surface area contributed by atoms with E-state index in [1.807, 2.05) is 24.3 Å². The SMILES string of the molecule is CC1CN(C(=O)c2ccc(Br)o2)c2ccccc2CN1. The molecule has 0 radical (unpaired) electrons. The van der Waals surface area contributed by atoms with Gasteiger partial charge < -0.3 is 14.6 Å². The van der Waals surface area contributed by atoms with Crippen molar-refractivity contribution >= 4 is 27.5 Å². The molecule has 1 aliphatic heterocycles. The number of fused-ring (bicyclic) bond motifs is 1. The van der Waals surface area contributed by atoms with Crippen molar-refractivity contribution in [1.82, 2.24) is 5.32 Å². The van der Waals surface area contributed by atoms with E-state index >= 15 is 0 Å². The molecule has 1 amide bonds. The molecule has 0 fully saturated rings. The van der Waals surface area contributed by atoms with Gasteiger partial charge in [-0.05, 0) is 46.6 Å². The summed E-state index contributed by atoms with van der Waals surface area (Å²) in [7, 11) is 0. The minimum absolute atomic E-state index is 0.112. The average Bonchev–Trinajstić information content (AvgIpc) is 2.81. The number of hydrogen-bond acceptors (Lipinski definition) is 3. The molecular formula is C15H15BrN2O2. The molecule has 1 N–H and O–H groups in total. The Balaban J connectivity index is 2.00. The lowest BCUT2D eigenvalue weighted by atomic mass is 10.1. The first-order valence-electron chi connectivity index (χ1n) is 6.53. The Morgan fingerprint density at radius 3 is 2.90 bits per heavy atom. The van der Waals surface area contributed by atoms with E-state index in [9.17, 15) is 4.79 Å². The summed E-state index contributed by atoms with van der Waals surface area (Å²) < 4.78 is 5.96. The van der Waals surface area contributed by atoms with E-state index in [1.165, 1.54) is 0 Å². The van der Waals surface area contributed by atoms with Crippen LogP contribution in [0.2, 0.25) is 0 Å². The number of carbonyl (C=O) groups is 1. The number of hydrogen-bond donors (Lipinski definition) is 1. The molecule has 5 heteroatoms. The first-order chi connectivity index (χ1) is 9.65. The summed E-state index contributed by atoms with van der Waals surface area (Å²) in [4.78, 5) is 14.4. The second kappa shape index (κ2) is 5.42. The molecule has 20 heavy (non-hydrogen) atoms. The van der Waals surface area contributed by atoms with E-state index in [4.69, 9.17) is 4.42 Å². The fourth-order valence-corrected chi connectivity index (χ4v) is 2.71. The van der Waals surface area contributed by atoms with Gasteiger partial charge in [0.2, 0.25) is 0 Å². The third-order valence-corrected chi connectivity index (χ3v) is 3.84. The van der Waals surface area contributed by atoms with E-state index < -0.39 is 0 Å². The smallest absolute Gasteiger partial charge is 0.294 e. The molecule has 0 saturated heterocycles. The summed E-state index contributed by atoms with van der Waals surface area (Å²) >= 11 is 3.23. The fourth-order valence-electron chi connectivity index (χ4n) is 2.40. The van der Waals surface area contributed by atoms with E-state index in [2.05, 4.69) is 28.2 Å². The van der Waals surface area contributed by atoms with Gasteiger partial charge in [0.25, 0.3) is 5.91 Å². The number of anilines is 1. The monoisotopic (exact) mass is 334 g/mol. The highest BCUT2D eigenvalue weighted by atomic mass is 79.9. The molecule has 2 aromatic rings. The summed E-state index contributed by atoms with van der Waals surface area (Å²) in [5, 5.41) is 3.41. The number of nitrogens with zero attached hydrogens (tertiary/aromatic N) is 1. The molecule has 1 aromatic heterocycles. The van der Waals surface area contributed by atoms with Gasteiger partial charge in [-0.1, -0.05) is 18.2 Å². The Morgan fingerprint density at radius 2 is 2.15 bits per heavy atom. The molecule has 0 aliphatic carbocycles. The van der Waals surface area contributed by atoms with Gasteiger partial charge in [0.1, 0.15) is 0 Å². The van der Waals surface area contributed by atoms with Crippen LogP contribution in [0.1, 0.15) is 23.0 Å². The lowest BCUT2D eigenvalue weighted by molar-refractivity contribution is 0.0957. The van der Waals surface area contributed by atoms with Crippen molar-refractivity contribution in [2.24, 2.45) is 0 Å². The molecule has 0 spiro atoms. The Kier molecular flexibility index (Phi) is 3.63. The number of para-hydroxylation sites is 1. The van der Waals surface area contributed by atoms with Crippen LogP contribution in [0.25, 0.3) is 0 Å². The van der Waals surface area contributed by atoms with Gasteiger partial charge in [-0.15, -0.1) is 0 Å². The fraction of sp³-hybridized carbons (Fsp3) is 0.267. The van der Waals surface area contributed by atoms with Crippen LogP contribution in [0.15, 0.2) is 45.5 Å². The zero-order valence-corrected chi connectivity index (χ0v) is 12.7. The van der Waals surface area contributed by atoms with E-state index in [0.717, 1.165) is 17.8 Å². The standard InChI is InChI=1S/C15H15BrN2O2/c1-10-9-18(15(19)13-6-7-14(16)20-13)12-5-3-2-4-11(12)8-17-10/h2-7,10,17H,8-9H2,1H3. The molecule has 1 atom stereocenters. The third-order valence-electron chi connectivity index (χ3n) is 3.41. The number of amides is 1. The molecule has 2 heterocycles. The van der Waals surface area contributed by atoms with Crippen LogP contribution in [0.4, 0.5) is 5.69 Å². The Bertz CT molecular complexity index is 638. The molecule has 0 bridgehead atoms. The molecule has 104 valence electrons. The lowest BCUT2D eigenvalue weighted by Crippen LogP contribution is -2.39. The summed E-state index contributed by atoms with van der Waals surface area (Å²) in [6.45, 7) is 3.46. The van der Waals surface area contributed by atoms with E-state index in [-0.39, 0.29) is 11.9 Å². The number of halogens is 1. The molecule has 1 aromatic carbocycles. The normalized spacial score (nSPS) is 18.5. The van der Waals surface area contributed by atoms with Crippen molar-refractivity contribution in [1.29, 1.82) is 0 Å². The highest BCUT2D eigenvalue weighted by molar-refractivity contribution is 9.10. The van der Waals surface area contributed by atoms with E-state index in [0.29, 0.717) is 17.0 Å². The predicted molar refractivity (Wildman–Crippen MR) is 80.8 cm³/mol. The van der Waals surface area contributed by atoms with Gasteiger partial charge >= 0.3 is 0 Å². The van der Waals surface area contributed by atoms with Gasteiger partial charge in [-0.2, -0.15) is 0 Å². The first-order valence-corrected chi connectivity index (χ1v) is 7.33. The second-order valence-corrected chi connectivity index (χ2v) is 5.71. The van der Waals surface area contributed by atoms with Gasteiger partial charge in [-0.25, -0.2) is 0 Å². The highest BCUT2D eigenvalue weighted by Crippen LogP contribution is 2.26. The van der Waals surface area contributed by atoms with Gasteiger partial charge in [-0.3, -0.25) is 4.79 Å². The zero-order chi connectivity index (χ0) is 14.1. The summed E-state index contributed by atoms with van der Waals surface area (Å²) in [5.74, 6) is 0.236. The largest absolute Gasteiger partial charge is 0.444 e. The maximum absolute atomic E-state index is 12.7. The van der Waals surface area contributed by atoms with Crippen LogP contribution in [-0.2, 0) is 6.54 Å². The molecule has 3 rings (SSSR count). The van der Waals surface area contributed by atoms with Crippen LogP contribution in [-0.4, -0.2) is 18.5 Å². The topological polar surface area (TPSA) is 45.5 Å². The van der Waals surface area contributed by atoms with Crippen molar-refractivity contribution in [2.75, 3.05) is 11.4 Å². The molecule has 1 unspecified atom stereocenters. The Hall–Kier alpha value is -1.59.